The molecule has 2 rings (SSSR count). The van der Waals surface area contributed by atoms with Crippen molar-refractivity contribution in [3.05, 3.63) is 65.2 Å². The molecule has 0 heterocycles. The molecule has 0 aromatic heterocycles. The van der Waals surface area contributed by atoms with Gasteiger partial charge in [0.25, 0.3) is 0 Å². The van der Waals surface area contributed by atoms with E-state index in [1.807, 2.05) is 24.3 Å². The van der Waals surface area contributed by atoms with E-state index >= 15 is 0 Å². The lowest BCUT2D eigenvalue weighted by Crippen LogP contribution is -2.13. The molecule has 0 saturated heterocycles. The molecular formula is C17H20N2S. The fraction of sp³-hybridized carbons (Fsp3) is 0.235. The third-order valence-corrected chi connectivity index (χ3v) is 4.31. The summed E-state index contributed by atoms with van der Waals surface area (Å²) in [5.41, 5.74) is 8.91. The minimum atomic E-state index is 0.136. The summed E-state index contributed by atoms with van der Waals surface area (Å²) in [6.45, 7) is 4.40. The number of nitrogens with two attached hydrogens (primary N) is 1. The van der Waals surface area contributed by atoms with Crippen molar-refractivity contribution in [2.24, 2.45) is 5.73 Å². The molecule has 3 heteroatoms. The maximum Gasteiger partial charge on any atom is 0.123 e. The lowest BCUT2D eigenvalue weighted by atomic mass is 10.0. The van der Waals surface area contributed by atoms with Gasteiger partial charge in [-0.2, -0.15) is 0 Å². The fourth-order valence-electron chi connectivity index (χ4n) is 2.02. The summed E-state index contributed by atoms with van der Waals surface area (Å²) in [5, 5.41) is 7.60. The van der Waals surface area contributed by atoms with E-state index < -0.39 is 0 Å². The molecule has 0 fully saturated rings. The Hall–Kier alpha value is -1.74. The van der Waals surface area contributed by atoms with E-state index in [4.69, 9.17) is 11.1 Å². The van der Waals surface area contributed by atoms with Crippen molar-refractivity contribution in [1.82, 2.24) is 0 Å². The van der Waals surface area contributed by atoms with Crippen LogP contribution in [-0.4, -0.2) is 5.84 Å². The molecule has 0 spiro atoms. The third kappa shape index (κ3) is 3.64. The van der Waals surface area contributed by atoms with Gasteiger partial charge in [0.15, 0.2) is 0 Å². The minimum Gasteiger partial charge on any atom is -0.384 e. The Bertz CT molecular complexity index is 588. The van der Waals surface area contributed by atoms with E-state index in [0.717, 1.165) is 16.9 Å². The van der Waals surface area contributed by atoms with Crippen LogP contribution >= 0.6 is 11.8 Å². The Kier molecular flexibility index (Phi) is 4.85. The highest BCUT2D eigenvalue weighted by molar-refractivity contribution is 7.98. The molecule has 104 valence electrons. The van der Waals surface area contributed by atoms with Crippen molar-refractivity contribution in [2.75, 3.05) is 0 Å². The van der Waals surface area contributed by atoms with E-state index in [-0.39, 0.29) is 5.84 Å². The van der Waals surface area contributed by atoms with Crippen LogP contribution in [0.2, 0.25) is 0 Å². The van der Waals surface area contributed by atoms with Crippen LogP contribution in [-0.2, 0) is 5.75 Å². The van der Waals surface area contributed by atoms with Crippen LogP contribution in [0, 0.1) is 5.41 Å². The molecule has 0 atom stereocenters. The van der Waals surface area contributed by atoms with E-state index in [0.29, 0.717) is 5.92 Å². The van der Waals surface area contributed by atoms with Gasteiger partial charge in [-0.05, 0) is 29.2 Å². The first-order chi connectivity index (χ1) is 9.58. The molecule has 0 saturated carbocycles. The first-order valence-corrected chi connectivity index (χ1v) is 7.71. The highest BCUT2D eigenvalue weighted by Crippen LogP contribution is 2.26. The summed E-state index contributed by atoms with van der Waals surface area (Å²) in [7, 11) is 0. The van der Waals surface area contributed by atoms with Crippen LogP contribution in [0.5, 0.6) is 0 Å². The molecule has 0 bridgehead atoms. The summed E-state index contributed by atoms with van der Waals surface area (Å²) in [6.07, 6.45) is 0. The molecule has 2 aromatic rings. The molecule has 0 radical (unpaired) electrons. The predicted molar refractivity (Wildman–Crippen MR) is 87.6 cm³/mol. The highest BCUT2D eigenvalue weighted by Gasteiger charge is 2.05. The quantitative estimate of drug-likeness (QED) is 0.486. The zero-order valence-electron chi connectivity index (χ0n) is 11.9. The molecule has 0 amide bonds. The molecule has 2 aromatic carbocycles. The number of benzene rings is 2. The standard InChI is InChI=1S/C17H20N2S/c1-12(2)13-7-9-15(10-8-13)20-11-14-5-3-4-6-16(14)17(18)19/h3-10,12H,11H2,1-2H3,(H3,18,19). The van der Waals surface area contributed by atoms with Gasteiger partial charge in [0.05, 0.1) is 0 Å². The minimum absolute atomic E-state index is 0.136. The second kappa shape index (κ2) is 6.62. The molecule has 20 heavy (non-hydrogen) atoms. The number of hydrogen-bond donors (Lipinski definition) is 2. The first-order valence-electron chi connectivity index (χ1n) is 6.73. The van der Waals surface area contributed by atoms with Crippen molar-refractivity contribution in [1.29, 1.82) is 5.41 Å². The topological polar surface area (TPSA) is 49.9 Å². The fourth-order valence-corrected chi connectivity index (χ4v) is 2.92. The van der Waals surface area contributed by atoms with Crippen molar-refractivity contribution in [3.63, 3.8) is 0 Å². The molecule has 0 aliphatic rings. The molecular weight excluding hydrogens is 264 g/mol. The van der Waals surface area contributed by atoms with E-state index in [2.05, 4.69) is 38.1 Å². The lowest BCUT2D eigenvalue weighted by Gasteiger charge is -2.09. The zero-order valence-corrected chi connectivity index (χ0v) is 12.7. The largest absolute Gasteiger partial charge is 0.384 e. The van der Waals surface area contributed by atoms with Crippen LogP contribution in [0.1, 0.15) is 36.5 Å². The number of nitrogens with one attached hydrogen (secondary N) is 1. The van der Waals surface area contributed by atoms with Gasteiger partial charge in [0.1, 0.15) is 5.84 Å². The van der Waals surface area contributed by atoms with Crippen LogP contribution in [0.4, 0.5) is 0 Å². The van der Waals surface area contributed by atoms with E-state index in [9.17, 15) is 0 Å². The summed E-state index contributed by atoms with van der Waals surface area (Å²) in [6, 6.07) is 16.5. The van der Waals surface area contributed by atoms with Crippen LogP contribution in [0.15, 0.2) is 53.4 Å². The number of rotatable bonds is 5. The Morgan fingerprint density at radius 3 is 2.35 bits per heavy atom. The van der Waals surface area contributed by atoms with Crippen molar-refractivity contribution in [3.8, 4) is 0 Å². The second-order valence-electron chi connectivity index (χ2n) is 5.08. The maximum atomic E-state index is 7.60. The maximum absolute atomic E-state index is 7.60. The molecule has 0 unspecified atom stereocenters. The van der Waals surface area contributed by atoms with E-state index in [1.165, 1.54) is 10.5 Å². The molecule has 0 aliphatic heterocycles. The van der Waals surface area contributed by atoms with Crippen LogP contribution in [0.25, 0.3) is 0 Å². The van der Waals surface area contributed by atoms with Gasteiger partial charge in [-0.3, -0.25) is 5.41 Å². The molecule has 0 aliphatic carbocycles. The van der Waals surface area contributed by atoms with Crippen molar-refractivity contribution >= 4 is 17.6 Å². The summed E-state index contributed by atoms with van der Waals surface area (Å²) in [4.78, 5) is 1.24. The number of thioether (sulfide) groups is 1. The Balaban J connectivity index is 2.07. The predicted octanol–water partition coefficient (Wildman–Crippen LogP) is 4.39. The lowest BCUT2D eigenvalue weighted by molar-refractivity contribution is 0.865. The third-order valence-electron chi connectivity index (χ3n) is 3.25. The average Bonchev–Trinajstić information content (AvgIpc) is 2.45. The van der Waals surface area contributed by atoms with Crippen LogP contribution in [0.3, 0.4) is 0 Å². The smallest absolute Gasteiger partial charge is 0.123 e. The van der Waals surface area contributed by atoms with Crippen molar-refractivity contribution < 1.29 is 0 Å². The Morgan fingerprint density at radius 2 is 1.75 bits per heavy atom. The zero-order chi connectivity index (χ0) is 14.5. The number of hydrogen-bond acceptors (Lipinski definition) is 2. The Morgan fingerprint density at radius 1 is 1.10 bits per heavy atom. The summed E-state index contributed by atoms with van der Waals surface area (Å²) in [5.74, 6) is 1.53. The number of nitrogen functional groups attached to an aromatic ring is 1. The Labute approximate surface area is 124 Å². The van der Waals surface area contributed by atoms with Gasteiger partial charge in [0.2, 0.25) is 0 Å². The summed E-state index contributed by atoms with van der Waals surface area (Å²) >= 11 is 1.77. The monoisotopic (exact) mass is 284 g/mol. The van der Waals surface area contributed by atoms with Gasteiger partial charge >= 0.3 is 0 Å². The normalized spacial score (nSPS) is 10.8. The second-order valence-corrected chi connectivity index (χ2v) is 6.13. The van der Waals surface area contributed by atoms with E-state index in [1.54, 1.807) is 11.8 Å². The van der Waals surface area contributed by atoms with Gasteiger partial charge in [-0.25, -0.2) is 0 Å². The SMILES string of the molecule is CC(C)c1ccc(SCc2ccccc2C(=N)N)cc1. The number of amidine groups is 1. The van der Waals surface area contributed by atoms with Gasteiger partial charge in [-0.1, -0.05) is 50.2 Å². The highest BCUT2D eigenvalue weighted by atomic mass is 32.2. The molecule has 3 N–H and O–H groups in total. The first kappa shape index (κ1) is 14.7. The van der Waals surface area contributed by atoms with Crippen LogP contribution < -0.4 is 5.73 Å². The summed E-state index contributed by atoms with van der Waals surface area (Å²) < 4.78 is 0. The van der Waals surface area contributed by atoms with Crippen molar-refractivity contribution in [2.45, 2.75) is 30.4 Å². The average molecular weight is 284 g/mol. The molecule has 2 nitrogen and oxygen atoms in total. The van der Waals surface area contributed by atoms with Gasteiger partial charge < -0.3 is 5.73 Å². The van der Waals surface area contributed by atoms with Gasteiger partial charge in [0, 0.05) is 16.2 Å². The van der Waals surface area contributed by atoms with Gasteiger partial charge in [-0.15, -0.1) is 11.8 Å².